The van der Waals surface area contributed by atoms with Gasteiger partial charge >= 0.3 is 12.1 Å². The molecule has 0 bridgehead atoms. The lowest BCUT2D eigenvalue weighted by Crippen LogP contribution is -2.73. The summed E-state index contributed by atoms with van der Waals surface area (Å²) in [5.41, 5.74) is 2.78. The summed E-state index contributed by atoms with van der Waals surface area (Å²) in [6, 6.07) is 0. The largest absolute Gasteiger partial charge is 0.480 e. The number of thiazole rings is 1. The molecule has 2 fully saturated rings. The molecule has 5 N–H and O–H groups in total. The summed E-state index contributed by atoms with van der Waals surface area (Å²) in [4.78, 5) is 45.5. The van der Waals surface area contributed by atoms with Gasteiger partial charge < -0.3 is 26.3 Å². The minimum absolute atomic E-state index is 0.0211. The van der Waals surface area contributed by atoms with Crippen molar-refractivity contribution in [1.29, 1.82) is 0 Å². The highest BCUT2D eigenvalue weighted by Gasteiger charge is 2.62. The average molecular weight is 550 g/mol. The lowest BCUT2D eigenvalue weighted by Gasteiger charge is -2.54. The molecule has 0 saturated carbocycles. The van der Waals surface area contributed by atoms with Gasteiger partial charge in [0, 0.05) is 11.5 Å². The number of halogens is 3. The highest BCUT2D eigenvalue weighted by atomic mass is 32.2. The number of alkyl halides is 3. The van der Waals surface area contributed by atoms with Crippen molar-refractivity contribution in [2.75, 3.05) is 5.73 Å². The highest BCUT2D eigenvalue weighted by molar-refractivity contribution is 8.14. The second-order valence-corrected chi connectivity index (χ2v) is 10.1. The normalized spacial score (nSPS) is 25.5. The summed E-state index contributed by atoms with van der Waals surface area (Å²) in [5, 5.41) is 24.4. The minimum atomic E-state index is -4.81. The number of aliphatic carboxylic acids is 1. The van der Waals surface area contributed by atoms with Crippen LogP contribution < -0.4 is 11.1 Å². The number of fused-ring (bicyclic) bond motifs is 1. The van der Waals surface area contributed by atoms with E-state index in [1.54, 1.807) is 0 Å². The number of aromatic nitrogens is 3. The second-order valence-electron chi connectivity index (χ2n) is 7.25. The zero-order valence-corrected chi connectivity index (χ0v) is 19.5. The Labute approximate surface area is 205 Å². The topological polar surface area (TPSA) is 184 Å². The van der Waals surface area contributed by atoms with Crippen LogP contribution in [0.3, 0.4) is 0 Å². The fraction of sp³-hybridized carbons (Fsp3) is 0.353. The van der Waals surface area contributed by atoms with E-state index in [4.69, 9.17) is 5.73 Å². The van der Waals surface area contributed by atoms with E-state index >= 15 is 0 Å². The molecule has 4 rings (SSSR count). The average Bonchev–Trinajstić information content (AvgIpc) is 3.40. The van der Waals surface area contributed by atoms with Gasteiger partial charge in [0.05, 0.1) is 28.6 Å². The van der Waals surface area contributed by atoms with Crippen molar-refractivity contribution < 1.29 is 37.9 Å². The Morgan fingerprint density at radius 3 is 2.74 bits per heavy atom. The van der Waals surface area contributed by atoms with Gasteiger partial charge in [-0.2, -0.15) is 17.5 Å². The Hall–Kier alpha value is -3.25. The molecule has 35 heavy (non-hydrogen) atoms. The van der Waals surface area contributed by atoms with Crippen LogP contribution in [0.2, 0.25) is 0 Å². The molecule has 0 aliphatic carbocycles. The van der Waals surface area contributed by atoms with E-state index in [1.165, 1.54) is 0 Å². The standard InChI is InChI=1S/C17H14F3N7O5S3/c18-17(19,20)11-6(33-5-22-11)1-2-16(14(30)31)12(24-8(28)3-7-23-15(21)35-26-7)27-9(29)4-10(27)34-13(16)25-32/h1-2,5,10,12,32H,3-4H2,(H,24,28)(H,30,31)(H2,21,23,26)/t10-,12?,16?/m1/s1. The van der Waals surface area contributed by atoms with Crippen molar-refractivity contribution >= 4 is 68.7 Å². The van der Waals surface area contributed by atoms with Crippen molar-refractivity contribution in [1.82, 2.24) is 24.6 Å². The van der Waals surface area contributed by atoms with Crippen molar-refractivity contribution in [3.05, 3.63) is 28.0 Å². The smallest absolute Gasteiger partial charge is 0.434 e. The maximum atomic E-state index is 13.3. The van der Waals surface area contributed by atoms with Crippen molar-refractivity contribution in [2.24, 2.45) is 10.6 Å². The van der Waals surface area contributed by atoms with Crippen LogP contribution >= 0.6 is 34.6 Å². The van der Waals surface area contributed by atoms with Gasteiger partial charge in [-0.3, -0.25) is 14.4 Å². The molecule has 3 atom stereocenters. The summed E-state index contributed by atoms with van der Waals surface area (Å²) in [6.45, 7) is 0. The molecular formula is C17H14F3N7O5S3. The third-order valence-electron chi connectivity index (χ3n) is 5.16. The monoisotopic (exact) mass is 549 g/mol. The number of anilines is 1. The Kier molecular flexibility index (Phi) is 6.45. The van der Waals surface area contributed by atoms with Gasteiger partial charge in [-0.1, -0.05) is 23.0 Å². The van der Waals surface area contributed by atoms with Crippen molar-refractivity contribution in [3.8, 4) is 0 Å². The van der Waals surface area contributed by atoms with Crippen LogP contribution in [0.1, 0.15) is 22.8 Å². The maximum absolute atomic E-state index is 13.3. The number of carboxylic acid groups (broad SMARTS) is 1. The van der Waals surface area contributed by atoms with E-state index in [0.717, 1.165) is 45.9 Å². The number of hydrogen-bond acceptors (Lipinski definition) is 12. The van der Waals surface area contributed by atoms with E-state index in [-0.39, 0.29) is 17.4 Å². The van der Waals surface area contributed by atoms with E-state index in [2.05, 4.69) is 24.8 Å². The molecule has 2 amide bonds. The Balaban J connectivity index is 1.76. The summed E-state index contributed by atoms with van der Waals surface area (Å²) in [7, 11) is 0. The van der Waals surface area contributed by atoms with Gasteiger partial charge in [0.15, 0.2) is 22.1 Å². The number of thioether (sulfide) groups is 1. The maximum Gasteiger partial charge on any atom is 0.434 e. The number of nitrogens with two attached hydrogens (primary N) is 1. The van der Waals surface area contributed by atoms with Gasteiger partial charge in [-0.25, -0.2) is 9.97 Å². The van der Waals surface area contributed by atoms with Gasteiger partial charge in [-0.15, -0.1) is 11.3 Å². The first kappa shape index (κ1) is 24.9. The Morgan fingerprint density at radius 1 is 1.43 bits per heavy atom. The van der Waals surface area contributed by atoms with E-state index in [9.17, 15) is 37.9 Å². The summed E-state index contributed by atoms with van der Waals surface area (Å²) < 4.78 is 43.7. The molecule has 2 aromatic heterocycles. The molecule has 0 aromatic carbocycles. The fourth-order valence-electron chi connectivity index (χ4n) is 3.58. The summed E-state index contributed by atoms with van der Waals surface area (Å²) in [6.07, 6.45) is -5.15. The molecule has 2 aliphatic rings. The molecule has 2 unspecified atom stereocenters. The predicted molar refractivity (Wildman–Crippen MR) is 118 cm³/mol. The Morgan fingerprint density at radius 2 is 2.17 bits per heavy atom. The number of carbonyl (C=O) groups excluding carboxylic acids is 2. The predicted octanol–water partition coefficient (Wildman–Crippen LogP) is 1.46. The number of hydrogen-bond donors (Lipinski definition) is 4. The number of oxime groups is 1. The van der Waals surface area contributed by atoms with Crippen LogP contribution in [0.4, 0.5) is 18.3 Å². The van der Waals surface area contributed by atoms with E-state index < -0.39 is 63.0 Å². The Bertz CT molecular complexity index is 1250. The number of nitrogens with zero attached hydrogens (tertiary/aromatic N) is 5. The van der Waals surface area contributed by atoms with Crippen LogP contribution in [-0.2, 0) is 27.0 Å². The van der Waals surface area contributed by atoms with Gasteiger partial charge in [-0.05, 0) is 6.08 Å². The van der Waals surface area contributed by atoms with Gasteiger partial charge in [0.25, 0.3) is 0 Å². The first-order chi connectivity index (χ1) is 16.5. The number of β-lactam (4-membered cyclic amide) rings is 1. The van der Waals surface area contributed by atoms with E-state index in [0.29, 0.717) is 11.3 Å². The SMILES string of the molecule is Nc1nc(CC(=O)NC2N3C(=O)C[C@H]3SC(=NO)C2(C=Cc2scnc2C(F)(F)F)C(=O)O)ns1. The van der Waals surface area contributed by atoms with Gasteiger partial charge in [0.1, 0.15) is 11.2 Å². The number of nitrogens with one attached hydrogen (secondary N) is 1. The molecule has 18 heteroatoms. The molecule has 0 spiro atoms. The van der Waals surface area contributed by atoms with Crippen molar-refractivity contribution in [2.45, 2.75) is 30.6 Å². The van der Waals surface area contributed by atoms with Crippen LogP contribution in [0, 0.1) is 5.41 Å². The lowest BCUT2D eigenvalue weighted by atomic mass is 9.81. The molecule has 0 radical (unpaired) electrons. The molecule has 2 saturated heterocycles. The zero-order chi connectivity index (χ0) is 25.5. The molecule has 2 aromatic rings. The van der Waals surface area contributed by atoms with Crippen molar-refractivity contribution in [3.63, 3.8) is 0 Å². The number of amides is 2. The number of rotatable bonds is 6. The molecular weight excluding hydrogens is 535 g/mol. The minimum Gasteiger partial charge on any atom is -0.480 e. The number of carboxylic acids is 1. The molecule has 12 nitrogen and oxygen atoms in total. The van der Waals surface area contributed by atoms with Crippen LogP contribution in [0.15, 0.2) is 16.7 Å². The number of carbonyl (C=O) groups is 3. The fourth-order valence-corrected chi connectivity index (χ4v) is 6.08. The van der Waals surface area contributed by atoms with E-state index in [1.807, 2.05) is 0 Å². The molecule has 2 aliphatic heterocycles. The first-order valence-electron chi connectivity index (χ1n) is 9.48. The zero-order valence-electron chi connectivity index (χ0n) is 17.1. The molecule has 4 heterocycles. The number of nitrogen functional groups attached to an aromatic ring is 1. The third kappa shape index (κ3) is 4.43. The quantitative estimate of drug-likeness (QED) is 0.234. The lowest BCUT2D eigenvalue weighted by molar-refractivity contribution is -0.157. The van der Waals surface area contributed by atoms with Crippen LogP contribution in [0.5, 0.6) is 0 Å². The molecule has 186 valence electrons. The first-order valence-corrected chi connectivity index (χ1v) is 12.0. The van der Waals surface area contributed by atoms with Crippen LogP contribution in [0.25, 0.3) is 6.08 Å². The summed E-state index contributed by atoms with van der Waals surface area (Å²) in [5.74, 6) is -2.92. The summed E-state index contributed by atoms with van der Waals surface area (Å²) >= 11 is 2.20. The van der Waals surface area contributed by atoms with Crippen LogP contribution in [-0.4, -0.2) is 63.9 Å². The second kappa shape index (κ2) is 9.08. The van der Waals surface area contributed by atoms with Gasteiger partial charge in [0.2, 0.25) is 11.8 Å². The highest BCUT2D eigenvalue weighted by Crippen LogP contribution is 2.48. The third-order valence-corrected chi connectivity index (χ3v) is 7.85.